The molecule has 9 heteroatoms. The van der Waals surface area contributed by atoms with E-state index < -0.39 is 27.9 Å². The van der Waals surface area contributed by atoms with Gasteiger partial charge in [0.2, 0.25) is 0 Å². The molecule has 0 bridgehead atoms. The van der Waals surface area contributed by atoms with Gasteiger partial charge in [-0.1, -0.05) is 0 Å². The van der Waals surface area contributed by atoms with Crippen molar-refractivity contribution in [2.24, 2.45) is 0 Å². The summed E-state index contributed by atoms with van der Waals surface area (Å²) < 4.78 is 27.5. The number of carbonyl (C=O) groups excluding carboxylic acids is 1. The van der Waals surface area contributed by atoms with E-state index in [2.05, 4.69) is 10.6 Å². The summed E-state index contributed by atoms with van der Waals surface area (Å²) in [5, 5.41) is 13.8. The Bertz CT molecular complexity index is 458. The Labute approximate surface area is 124 Å². The highest BCUT2D eigenvalue weighted by molar-refractivity contribution is 7.90. The number of nitrogens with one attached hydrogen (secondary N) is 2. The number of carboxylic acids is 1. The Morgan fingerprint density at radius 1 is 1.43 bits per heavy atom. The number of carboxylic acid groups (broad SMARTS) is 1. The van der Waals surface area contributed by atoms with Gasteiger partial charge in [-0.05, 0) is 25.7 Å². The fourth-order valence-corrected chi connectivity index (χ4v) is 2.68. The molecule has 1 aliphatic heterocycles. The summed E-state index contributed by atoms with van der Waals surface area (Å²) >= 11 is 0. The number of aliphatic carboxylic acids is 1. The van der Waals surface area contributed by atoms with E-state index in [1.165, 1.54) is 0 Å². The van der Waals surface area contributed by atoms with Gasteiger partial charge in [-0.25, -0.2) is 18.0 Å². The summed E-state index contributed by atoms with van der Waals surface area (Å²) in [5.74, 6) is -1.55. The maximum Gasteiger partial charge on any atom is 0.326 e. The molecule has 1 heterocycles. The molecule has 8 nitrogen and oxygen atoms in total. The van der Waals surface area contributed by atoms with Gasteiger partial charge in [0.05, 0.1) is 11.9 Å². The molecule has 2 atom stereocenters. The van der Waals surface area contributed by atoms with Crippen LogP contribution in [0.5, 0.6) is 0 Å². The number of carbonyl (C=O) groups is 2. The molecule has 1 aliphatic rings. The van der Waals surface area contributed by atoms with Crippen LogP contribution in [0, 0.1) is 0 Å². The average Bonchev–Trinajstić information content (AvgIpc) is 2.86. The third kappa shape index (κ3) is 7.86. The molecule has 2 amide bonds. The molecule has 3 N–H and O–H groups in total. The number of hydrogen-bond acceptors (Lipinski definition) is 5. The zero-order valence-corrected chi connectivity index (χ0v) is 12.8. The van der Waals surface area contributed by atoms with Crippen LogP contribution in [-0.4, -0.2) is 62.8 Å². The minimum absolute atomic E-state index is 0.144. The van der Waals surface area contributed by atoms with Crippen LogP contribution in [0.2, 0.25) is 0 Å². The van der Waals surface area contributed by atoms with E-state index in [1.807, 2.05) is 0 Å². The first-order chi connectivity index (χ1) is 9.78. The van der Waals surface area contributed by atoms with Crippen molar-refractivity contribution in [3.8, 4) is 0 Å². The summed E-state index contributed by atoms with van der Waals surface area (Å²) in [6, 6.07) is -1.84. The van der Waals surface area contributed by atoms with E-state index >= 15 is 0 Å². The first-order valence-electron chi connectivity index (χ1n) is 6.84. The first-order valence-corrected chi connectivity index (χ1v) is 8.90. The number of sulfone groups is 1. The molecule has 1 rings (SSSR count). The molecular formula is C12H22N2O6S. The van der Waals surface area contributed by atoms with E-state index in [-0.39, 0.29) is 18.3 Å². The van der Waals surface area contributed by atoms with Gasteiger partial charge in [0.15, 0.2) is 0 Å². The van der Waals surface area contributed by atoms with E-state index in [4.69, 9.17) is 9.84 Å². The van der Waals surface area contributed by atoms with Crippen molar-refractivity contribution in [2.45, 2.75) is 37.8 Å². The monoisotopic (exact) mass is 322 g/mol. The Morgan fingerprint density at radius 2 is 2.14 bits per heavy atom. The Morgan fingerprint density at radius 3 is 2.67 bits per heavy atom. The van der Waals surface area contributed by atoms with Gasteiger partial charge in [0, 0.05) is 19.4 Å². The summed E-state index contributed by atoms with van der Waals surface area (Å²) in [5.41, 5.74) is 0. The molecule has 0 spiro atoms. The lowest BCUT2D eigenvalue weighted by atomic mass is 10.2. The molecule has 0 saturated carbocycles. The van der Waals surface area contributed by atoms with Crippen LogP contribution >= 0.6 is 0 Å². The zero-order valence-electron chi connectivity index (χ0n) is 12.0. The fourth-order valence-electron chi connectivity index (χ4n) is 2.02. The highest BCUT2D eigenvalue weighted by Gasteiger charge is 2.22. The summed E-state index contributed by atoms with van der Waals surface area (Å²) in [6.07, 6.45) is 3.67. The molecule has 2 unspecified atom stereocenters. The van der Waals surface area contributed by atoms with Crippen LogP contribution in [0.25, 0.3) is 0 Å². The maximum atomic E-state index is 11.6. The highest BCUT2D eigenvalue weighted by Crippen LogP contribution is 2.14. The molecule has 122 valence electrons. The van der Waals surface area contributed by atoms with Crippen molar-refractivity contribution in [1.82, 2.24) is 10.6 Å². The second-order valence-corrected chi connectivity index (χ2v) is 7.39. The number of urea groups is 1. The number of rotatable bonds is 8. The molecule has 21 heavy (non-hydrogen) atoms. The highest BCUT2D eigenvalue weighted by atomic mass is 32.2. The molecule has 0 aromatic carbocycles. The molecule has 0 aromatic heterocycles. The fraction of sp³-hybridized carbons (Fsp3) is 0.833. The van der Waals surface area contributed by atoms with E-state index in [0.29, 0.717) is 13.0 Å². The maximum absolute atomic E-state index is 11.6. The van der Waals surface area contributed by atoms with Crippen LogP contribution in [0.4, 0.5) is 4.79 Å². The van der Waals surface area contributed by atoms with Gasteiger partial charge in [-0.3, -0.25) is 0 Å². The SMILES string of the molecule is CS(=O)(=O)CCC(NC(=O)NCCC1CCCO1)C(=O)O. The smallest absolute Gasteiger partial charge is 0.326 e. The van der Waals surface area contributed by atoms with E-state index in [0.717, 1.165) is 25.7 Å². The third-order valence-corrected chi connectivity index (χ3v) is 4.13. The summed E-state index contributed by atoms with van der Waals surface area (Å²) in [7, 11) is -3.27. The van der Waals surface area contributed by atoms with Gasteiger partial charge < -0.3 is 20.5 Å². The molecular weight excluding hydrogens is 300 g/mol. The Kier molecular flexibility index (Phi) is 6.90. The minimum atomic E-state index is -3.27. The van der Waals surface area contributed by atoms with E-state index in [9.17, 15) is 18.0 Å². The van der Waals surface area contributed by atoms with Gasteiger partial charge in [-0.15, -0.1) is 0 Å². The summed E-state index contributed by atoms with van der Waals surface area (Å²) in [4.78, 5) is 22.6. The summed E-state index contributed by atoms with van der Waals surface area (Å²) in [6.45, 7) is 1.12. The molecule has 0 aliphatic carbocycles. The number of amides is 2. The van der Waals surface area contributed by atoms with E-state index in [1.54, 1.807) is 0 Å². The lowest BCUT2D eigenvalue weighted by Gasteiger charge is -2.15. The number of ether oxygens (including phenoxy) is 1. The second kappa shape index (κ2) is 8.18. The topological polar surface area (TPSA) is 122 Å². The average molecular weight is 322 g/mol. The van der Waals surface area contributed by atoms with Crippen LogP contribution in [0.15, 0.2) is 0 Å². The van der Waals surface area contributed by atoms with Crippen LogP contribution in [0.3, 0.4) is 0 Å². The van der Waals surface area contributed by atoms with Crippen molar-refractivity contribution in [1.29, 1.82) is 0 Å². The zero-order chi connectivity index (χ0) is 15.9. The van der Waals surface area contributed by atoms with Crippen molar-refractivity contribution in [2.75, 3.05) is 25.2 Å². The number of hydrogen-bond donors (Lipinski definition) is 3. The van der Waals surface area contributed by atoms with Gasteiger partial charge >= 0.3 is 12.0 Å². The predicted octanol–water partition coefficient (Wildman–Crippen LogP) is -0.257. The predicted molar refractivity (Wildman–Crippen MR) is 75.9 cm³/mol. The lowest BCUT2D eigenvalue weighted by molar-refractivity contribution is -0.139. The quantitative estimate of drug-likeness (QED) is 0.566. The Balaban J connectivity index is 2.29. The third-order valence-electron chi connectivity index (χ3n) is 3.16. The largest absolute Gasteiger partial charge is 0.480 e. The standard InChI is InChI=1S/C12H22N2O6S/c1-21(18,19)8-5-10(11(15)16)14-12(17)13-6-4-9-3-2-7-20-9/h9-10H,2-8H2,1H3,(H,15,16)(H2,13,14,17). The van der Waals surface area contributed by atoms with Crippen LogP contribution < -0.4 is 10.6 Å². The second-order valence-electron chi connectivity index (χ2n) is 5.13. The van der Waals surface area contributed by atoms with Crippen molar-refractivity contribution in [3.05, 3.63) is 0 Å². The first kappa shape index (κ1) is 17.7. The lowest BCUT2D eigenvalue weighted by Crippen LogP contribution is -2.47. The van der Waals surface area contributed by atoms with Crippen LogP contribution in [-0.2, 0) is 19.4 Å². The van der Waals surface area contributed by atoms with Crippen LogP contribution in [0.1, 0.15) is 25.7 Å². The minimum Gasteiger partial charge on any atom is -0.480 e. The van der Waals surface area contributed by atoms with Crippen molar-refractivity contribution < 1.29 is 27.9 Å². The van der Waals surface area contributed by atoms with Gasteiger partial charge in [-0.2, -0.15) is 0 Å². The van der Waals surface area contributed by atoms with Gasteiger partial charge in [0.1, 0.15) is 15.9 Å². The van der Waals surface area contributed by atoms with Gasteiger partial charge in [0.25, 0.3) is 0 Å². The molecule has 0 aromatic rings. The molecule has 1 fully saturated rings. The normalized spacial score (nSPS) is 20.0. The van der Waals surface area contributed by atoms with Crippen molar-refractivity contribution >= 4 is 21.8 Å². The molecule has 1 saturated heterocycles. The molecule has 0 radical (unpaired) electrons. The Hall–Kier alpha value is -1.35. The van der Waals surface area contributed by atoms with Crippen molar-refractivity contribution in [3.63, 3.8) is 0 Å².